The maximum atomic E-state index is 12.6. The second kappa shape index (κ2) is 5.69. The molecule has 2 aromatic carbocycles. The van der Waals surface area contributed by atoms with Crippen molar-refractivity contribution < 1.29 is 13.3 Å². The monoisotopic (exact) mass is 328 g/mol. The van der Waals surface area contributed by atoms with Crippen molar-refractivity contribution in [2.75, 3.05) is 0 Å². The molecule has 0 aliphatic rings. The molecule has 7 heteroatoms. The van der Waals surface area contributed by atoms with E-state index in [4.69, 9.17) is 0 Å². The van der Waals surface area contributed by atoms with Crippen molar-refractivity contribution in [2.24, 2.45) is 0 Å². The van der Waals surface area contributed by atoms with Gasteiger partial charge in [0.1, 0.15) is 0 Å². The molecule has 0 bridgehead atoms. The van der Waals surface area contributed by atoms with Crippen LogP contribution in [0.2, 0.25) is 0 Å². The molecule has 23 heavy (non-hydrogen) atoms. The predicted molar refractivity (Wildman–Crippen MR) is 86.2 cm³/mol. The molecule has 0 spiro atoms. The Labute approximate surface area is 132 Å². The summed E-state index contributed by atoms with van der Waals surface area (Å²) in [6.45, 7) is 0. The van der Waals surface area contributed by atoms with Crippen LogP contribution in [0.3, 0.4) is 0 Å². The van der Waals surface area contributed by atoms with Gasteiger partial charge in [0.15, 0.2) is 0 Å². The summed E-state index contributed by atoms with van der Waals surface area (Å²) in [6, 6.07) is 12.8. The van der Waals surface area contributed by atoms with Gasteiger partial charge >= 0.3 is 0 Å². The van der Waals surface area contributed by atoms with Crippen LogP contribution < -0.4 is 0 Å². The Balaban J connectivity index is 2.07. The number of aromatic nitrogens is 1. The Bertz CT molecular complexity index is 1000. The minimum Gasteiger partial charge on any atom is -0.361 e. The van der Waals surface area contributed by atoms with Crippen LogP contribution in [0.5, 0.6) is 0 Å². The Morgan fingerprint density at radius 1 is 1.04 bits per heavy atom. The Morgan fingerprint density at radius 3 is 2.48 bits per heavy atom. The number of aromatic amines is 1. The molecule has 0 aliphatic heterocycles. The van der Waals surface area contributed by atoms with Gasteiger partial charge in [0.25, 0.3) is 0 Å². The maximum absolute atomic E-state index is 12.6. The number of hydrogen-bond donors (Lipinski definition) is 1. The molecule has 116 valence electrons. The van der Waals surface area contributed by atoms with Gasteiger partial charge in [0, 0.05) is 28.7 Å². The van der Waals surface area contributed by atoms with Gasteiger partial charge < -0.3 is 4.98 Å². The highest BCUT2D eigenvalue weighted by Gasteiger charge is 2.18. The summed E-state index contributed by atoms with van der Waals surface area (Å²) in [7, 11) is -3.59. The van der Waals surface area contributed by atoms with Crippen LogP contribution in [-0.4, -0.2) is 18.3 Å². The fourth-order valence-corrected chi connectivity index (χ4v) is 3.62. The number of H-pyrrole nitrogens is 1. The second-order valence-electron chi connectivity index (χ2n) is 4.87. The van der Waals surface area contributed by atoms with Gasteiger partial charge in [-0.15, -0.1) is 0 Å². The molecule has 3 rings (SSSR count). The minimum absolute atomic E-state index is 0.169. The summed E-state index contributed by atoms with van der Waals surface area (Å²) >= 11 is 0. The molecule has 1 aromatic heterocycles. The average molecular weight is 328 g/mol. The van der Waals surface area contributed by atoms with Crippen molar-refractivity contribution in [2.45, 2.75) is 9.79 Å². The van der Waals surface area contributed by atoms with Crippen LogP contribution in [0.1, 0.15) is 5.56 Å². The molecule has 1 heterocycles. The van der Waals surface area contributed by atoms with Crippen LogP contribution in [0.4, 0.5) is 0 Å². The van der Waals surface area contributed by atoms with E-state index in [1.807, 2.05) is 0 Å². The zero-order valence-electron chi connectivity index (χ0n) is 11.8. The first kappa shape index (κ1) is 15.0. The van der Waals surface area contributed by atoms with E-state index in [0.717, 1.165) is 11.6 Å². The topological polar surface area (TPSA) is 93.1 Å². The summed E-state index contributed by atoms with van der Waals surface area (Å²) in [5.74, 6) is 0. The summed E-state index contributed by atoms with van der Waals surface area (Å²) in [6.07, 6.45) is 3.81. The standard InChI is InChI=1S/C16H12N2O4S/c19-18(20)9-8-12-11-17-16-10-14(6-7-15(12)16)23(21,22)13-4-2-1-3-5-13/h1-11,17H/b9-8+. The highest BCUT2D eigenvalue weighted by atomic mass is 32.2. The van der Waals surface area contributed by atoms with Crippen LogP contribution in [0.15, 0.2) is 70.7 Å². The lowest BCUT2D eigenvalue weighted by Crippen LogP contribution is -2.01. The maximum Gasteiger partial charge on any atom is 0.235 e. The predicted octanol–water partition coefficient (Wildman–Crippen LogP) is 3.25. The number of rotatable bonds is 4. The van der Waals surface area contributed by atoms with Crippen molar-refractivity contribution in [1.29, 1.82) is 0 Å². The van der Waals surface area contributed by atoms with Crippen LogP contribution in [-0.2, 0) is 9.84 Å². The highest BCUT2D eigenvalue weighted by Crippen LogP contribution is 2.26. The molecule has 6 nitrogen and oxygen atoms in total. The molecule has 0 unspecified atom stereocenters. The third-order valence-corrected chi connectivity index (χ3v) is 5.19. The summed E-state index contributed by atoms with van der Waals surface area (Å²) in [4.78, 5) is 13.2. The van der Waals surface area contributed by atoms with Crippen molar-refractivity contribution >= 4 is 26.8 Å². The lowest BCUT2D eigenvalue weighted by Gasteiger charge is -2.04. The number of nitro groups is 1. The smallest absolute Gasteiger partial charge is 0.235 e. The summed E-state index contributed by atoms with van der Waals surface area (Å²) in [5.41, 5.74) is 1.23. The molecule has 0 amide bonds. The van der Waals surface area contributed by atoms with E-state index in [0.29, 0.717) is 11.1 Å². The van der Waals surface area contributed by atoms with E-state index in [1.165, 1.54) is 18.2 Å². The Morgan fingerprint density at radius 2 is 1.78 bits per heavy atom. The van der Waals surface area contributed by atoms with E-state index in [2.05, 4.69) is 4.98 Å². The summed E-state index contributed by atoms with van der Waals surface area (Å²) in [5, 5.41) is 11.1. The van der Waals surface area contributed by atoms with Gasteiger partial charge in [-0.2, -0.15) is 0 Å². The van der Waals surface area contributed by atoms with Crippen LogP contribution in [0.25, 0.3) is 17.0 Å². The minimum atomic E-state index is -3.59. The first-order valence-electron chi connectivity index (χ1n) is 6.71. The van der Waals surface area contributed by atoms with Crippen molar-refractivity contribution in [3.05, 3.63) is 76.6 Å². The van der Waals surface area contributed by atoms with Crippen LogP contribution >= 0.6 is 0 Å². The lowest BCUT2D eigenvalue weighted by atomic mass is 10.2. The first-order valence-corrected chi connectivity index (χ1v) is 8.20. The quantitative estimate of drug-likeness (QED) is 0.587. The molecule has 3 aromatic rings. The molecule has 0 saturated heterocycles. The number of sulfone groups is 1. The number of nitrogens with zero attached hydrogens (tertiary/aromatic N) is 1. The first-order chi connectivity index (χ1) is 11.0. The summed E-state index contributed by atoms with van der Waals surface area (Å²) < 4.78 is 25.2. The number of benzene rings is 2. The second-order valence-corrected chi connectivity index (χ2v) is 6.82. The Kier molecular flexibility index (Phi) is 3.71. The van der Waals surface area contributed by atoms with E-state index in [1.54, 1.807) is 42.6 Å². The molecule has 0 saturated carbocycles. The van der Waals surface area contributed by atoms with Gasteiger partial charge in [-0.25, -0.2) is 8.42 Å². The zero-order chi connectivity index (χ0) is 16.4. The third-order valence-electron chi connectivity index (χ3n) is 3.42. The van der Waals surface area contributed by atoms with Crippen molar-refractivity contribution in [3.8, 4) is 0 Å². The highest BCUT2D eigenvalue weighted by molar-refractivity contribution is 7.91. The number of fused-ring (bicyclic) bond motifs is 1. The van der Waals surface area contributed by atoms with E-state index >= 15 is 0 Å². The SMILES string of the molecule is O=[N+]([O-])/C=C/c1c[nH]c2cc(S(=O)(=O)c3ccccc3)ccc12. The van der Waals surface area contributed by atoms with Crippen molar-refractivity contribution in [3.63, 3.8) is 0 Å². The molecular formula is C16H12N2O4S. The van der Waals surface area contributed by atoms with Crippen LogP contribution in [0, 0.1) is 10.1 Å². The molecule has 0 aliphatic carbocycles. The molecular weight excluding hydrogens is 316 g/mol. The zero-order valence-corrected chi connectivity index (χ0v) is 12.7. The molecule has 1 N–H and O–H groups in total. The van der Waals surface area contributed by atoms with Gasteiger partial charge in [-0.3, -0.25) is 10.1 Å². The van der Waals surface area contributed by atoms with E-state index < -0.39 is 14.8 Å². The van der Waals surface area contributed by atoms with Gasteiger partial charge in [0.2, 0.25) is 16.0 Å². The Hall–Kier alpha value is -2.93. The number of hydrogen-bond acceptors (Lipinski definition) is 4. The lowest BCUT2D eigenvalue weighted by molar-refractivity contribution is -0.400. The van der Waals surface area contributed by atoms with Gasteiger partial charge in [0.05, 0.1) is 14.7 Å². The molecule has 0 radical (unpaired) electrons. The molecule has 0 fully saturated rings. The molecule has 0 atom stereocenters. The van der Waals surface area contributed by atoms with Gasteiger partial charge in [-0.05, 0) is 24.3 Å². The fraction of sp³-hybridized carbons (Fsp3) is 0. The van der Waals surface area contributed by atoms with E-state index in [-0.39, 0.29) is 9.79 Å². The van der Waals surface area contributed by atoms with Crippen molar-refractivity contribution in [1.82, 2.24) is 4.98 Å². The van der Waals surface area contributed by atoms with E-state index in [9.17, 15) is 18.5 Å². The third kappa shape index (κ3) is 2.86. The normalized spacial score (nSPS) is 12.0. The average Bonchev–Trinajstić information content (AvgIpc) is 2.96. The largest absolute Gasteiger partial charge is 0.361 e. The number of nitrogens with one attached hydrogen (secondary N) is 1. The fourth-order valence-electron chi connectivity index (χ4n) is 2.31. The van der Waals surface area contributed by atoms with Gasteiger partial charge in [-0.1, -0.05) is 24.3 Å².